The van der Waals surface area contributed by atoms with Gasteiger partial charge in [-0.3, -0.25) is 0 Å². The van der Waals surface area contributed by atoms with Crippen LogP contribution < -0.4 is 0 Å². The summed E-state index contributed by atoms with van der Waals surface area (Å²) in [6, 6.07) is 9.16. The van der Waals surface area contributed by atoms with E-state index in [1.54, 1.807) is 5.57 Å². The number of allylic oxidation sites excluding steroid dienone is 5. The molecule has 1 unspecified atom stereocenters. The minimum Gasteiger partial charge on any atom is -0.102 e. The summed E-state index contributed by atoms with van der Waals surface area (Å²) in [7, 11) is 0. The summed E-state index contributed by atoms with van der Waals surface area (Å²) in [6.07, 6.45) is 8.96. The van der Waals surface area contributed by atoms with Crippen LogP contribution in [0.2, 0.25) is 0 Å². The lowest BCUT2D eigenvalue weighted by Crippen LogP contribution is -1.99. The van der Waals surface area contributed by atoms with E-state index < -0.39 is 0 Å². The molecule has 21 heavy (non-hydrogen) atoms. The van der Waals surface area contributed by atoms with Gasteiger partial charge in [0.1, 0.15) is 0 Å². The molecule has 2 aliphatic carbocycles. The molecule has 0 aliphatic heterocycles. The van der Waals surface area contributed by atoms with E-state index in [1.807, 2.05) is 0 Å². The highest BCUT2D eigenvalue weighted by molar-refractivity contribution is 6.02. The van der Waals surface area contributed by atoms with Crippen molar-refractivity contribution >= 4 is 16.3 Å². The average molecular weight is 272 g/mol. The minimum absolute atomic E-state index is 0.431. The summed E-state index contributed by atoms with van der Waals surface area (Å²) >= 11 is 0. The van der Waals surface area contributed by atoms with Crippen LogP contribution in [0, 0.1) is 13.8 Å². The summed E-state index contributed by atoms with van der Waals surface area (Å²) in [5.41, 5.74) is 8.69. The molecule has 0 saturated carbocycles. The average Bonchev–Trinajstić information content (AvgIpc) is 2.91. The Morgan fingerprint density at radius 1 is 1.24 bits per heavy atom. The van der Waals surface area contributed by atoms with E-state index in [0.717, 1.165) is 12.8 Å². The molecule has 2 aromatic rings. The monoisotopic (exact) mass is 272 g/mol. The first-order chi connectivity index (χ1) is 10.2. The molecular weight excluding hydrogens is 252 g/mol. The Bertz CT molecular complexity index is 831. The maximum atomic E-state index is 4.11. The van der Waals surface area contributed by atoms with Crippen LogP contribution in [-0.4, -0.2) is 0 Å². The summed E-state index contributed by atoms with van der Waals surface area (Å²) in [4.78, 5) is 0. The lowest BCUT2D eigenvalue weighted by molar-refractivity contribution is 0.825. The summed E-state index contributed by atoms with van der Waals surface area (Å²) in [5, 5.41) is 2.85. The fraction of sp³-hybridized carbons (Fsp3) is 0.238. The Kier molecular flexibility index (Phi) is 2.68. The normalized spacial score (nSPS) is 19.8. The summed E-state index contributed by atoms with van der Waals surface area (Å²) < 4.78 is 0. The number of hydrogen-bond donors (Lipinski definition) is 0. The Balaban J connectivity index is 2.20. The van der Waals surface area contributed by atoms with Crippen molar-refractivity contribution in [2.24, 2.45) is 0 Å². The summed E-state index contributed by atoms with van der Waals surface area (Å²) in [5.74, 6) is 0.431. The van der Waals surface area contributed by atoms with Gasteiger partial charge in [-0.05, 0) is 65.3 Å². The minimum atomic E-state index is 0.431. The van der Waals surface area contributed by atoms with Crippen LogP contribution >= 0.6 is 0 Å². The molecule has 0 heteroatoms. The van der Waals surface area contributed by atoms with Crippen LogP contribution in [0.25, 0.3) is 16.3 Å². The number of benzene rings is 2. The van der Waals surface area contributed by atoms with E-state index in [1.165, 1.54) is 38.6 Å². The number of fused-ring (bicyclic) bond motifs is 1. The summed E-state index contributed by atoms with van der Waals surface area (Å²) in [6.45, 7) is 8.58. The molecule has 0 nitrogen and oxygen atoms in total. The molecular formula is C21H20. The molecule has 0 N–H and O–H groups in total. The van der Waals surface area contributed by atoms with Gasteiger partial charge in [0.25, 0.3) is 0 Å². The largest absolute Gasteiger partial charge is 0.102 e. The van der Waals surface area contributed by atoms with Crippen LogP contribution in [0.5, 0.6) is 0 Å². The topological polar surface area (TPSA) is 0 Å². The van der Waals surface area contributed by atoms with Gasteiger partial charge in [-0.25, -0.2) is 0 Å². The smallest absolute Gasteiger partial charge is 0.00594 e. The van der Waals surface area contributed by atoms with Crippen molar-refractivity contribution in [3.05, 3.63) is 76.9 Å². The molecule has 2 aliphatic rings. The third kappa shape index (κ3) is 1.68. The van der Waals surface area contributed by atoms with Gasteiger partial charge in [-0.1, -0.05) is 48.1 Å². The van der Waals surface area contributed by atoms with Crippen molar-refractivity contribution in [2.75, 3.05) is 0 Å². The predicted octanol–water partition coefficient (Wildman–Crippen LogP) is 5.84. The van der Waals surface area contributed by atoms with Gasteiger partial charge >= 0.3 is 0 Å². The van der Waals surface area contributed by atoms with E-state index in [9.17, 15) is 0 Å². The van der Waals surface area contributed by atoms with Crippen LogP contribution in [0.3, 0.4) is 0 Å². The molecule has 0 amide bonds. The van der Waals surface area contributed by atoms with E-state index in [2.05, 4.69) is 62.9 Å². The Morgan fingerprint density at radius 2 is 2.10 bits per heavy atom. The van der Waals surface area contributed by atoms with Gasteiger partial charge in [-0.15, -0.1) is 6.58 Å². The first-order valence-electron chi connectivity index (χ1n) is 7.75. The van der Waals surface area contributed by atoms with Gasteiger partial charge in [0.15, 0.2) is 0 Å². The van der Waals surface area contributed by atoms with Crippen LogP contribution in [-0.2, 0) is 0 Å². The van der Waals surface area contributed by atoms with Gasteiger partial charge in [0.05, 0.1) is 0 Å². The molecule has 4 rings (SSSR count). The van der Waals surface area contributed by atoms with Crippen molar-refractivity contribution in [3.8, 4) is 0 Å². The highest BCUT2D eigenvalue weighted by Crippen LogP contribution is 2.45. The molecule has 0 spiro atoms. The lowest BCUT2D eigenvalue weighted by atomic mass is 9.86. The second kappa shape index (κ2) is 4.46. The maximum Gasteiger partial charge on any atom is 0.00594 e. The molecule has 0 saturated heterocycles. The highest BCUT2D eigenvalue weighted by Gasteiger charge is 2.25. The Hall–Kier alpha value is -2.08. The van der Waals surface area contributed by atoms with E-state index in [0.29, 0.717) is 5.92 Å². The Labute approximate surface area is 126 Å². The number of hydrogen-bond acceptors (Lipinski definition) is 0. The molecule has 0 fully saturated rings. The van der Waals surface area contributed by atoms with Crippen LogP contribution in [0.1, 0.15) is 41.0 Å². The highest BCUT2D eigenvalue weighted by atomic mass is 14.3. The van der Waals surface area contributed by atoms with Crippen LogP contribution in [0.4, 0.5) is 0 Å². The van der Waals surface area contributed by atoms with Gasteiger partial charge in [0.2, 0.25) is 0 Å². The van der Waals surface area contributed by atoms with Crippen molar-refractivity contribution in [1.82, 2.24) is 0 Å². The van der Waals surface area contributed by atoms with E-state index in [-0.39, 0.29) is 0 Å². The van der Waals surface area contributed by atoms with Crippen molar-refractivity contribution in [2.45, 2.75) is 32.6 Å². The van der Waals surface area contributed by atoms with Gasteiger partial charge in [-0.2, -0.15) is 0 Å². The fourth-order valence-electron chi connectivity index (χ4n) is 3.92. The van der Waals surface area contributed by atoms with E-state index >= 15 is 0 Å². The van der Waals surface area contributed by atoms with Crippen molar-refractivity contribution in [1.29, 1.82) is 0 Å². The second-order valence-electron chi connectivity index (χ2n) is 6.31. The van der Waals surface area contributed by atoms with Crippen LogP contribution in [0.15, 0.2) is 54.6 Å². The molecule has 0 aromatic heterocycles. The third-order valence-electron chi connectivity index (χ3n) is 5.19. The maximum absolute atomic E-state index is 4.11. The zero-order valence-corrected chi connectivity index (χ0v) is 12.7. The molecule has 2 aromatic carbocycles. The Morgan fingerprint density at radius 3 is 2.90 bits per heavy atom. The molecule has 0 heterocycles. The molecule has 1 atom stereocenters. The quantitative estimate of drug-likeness (QED) is 0.572. The van der Waals surface area contributed by atoms with Crippen molar-refractivity contribution in [3.63, 3.8) is 0 Å². The zero-order chi connectivity index (χ0) is 14.6. The standard InChI is InChI=1S/C21H20/c1-4-15-12-16-7-5-9-18(16)19-10-6-8-17-14(3)13(2)11-20(15)21(17)19/h4-6,8-11,15H,1,7,12H2,2-3H3. The number of aryl methyl sites for hydroxylation is 2. The van der Waals surface area contributed by atoms with Gasteiger partial charge < -0.3 is 0 Å². The zero-order valence-electron chi connectivity index (χ0n) is 12.7. The fourth-order valence-corrected chi connectivity index (χ4v) is 3.92. The number of rotatable bonds is 1. The van der Waals surface area contributed by atoms with Gasteiger partial charge in [0, 0.05) is 5.92 Å². The SMILES string of the molecule is C=CC1CC2=C(C=CC2)c2cccc3c(C)c(C)cc1c23. The molecule has 0 bridgehead atoms. The predicted molar refractivity (Wildman–Crippen MR) is 91.7 cm³/mol. The van der Waals surface area contributed by atoms with E-state index in [4.69, 9.17) is 0 Å². The van der Waals surface area contributed by atoms with Crippen molar-refractivity contribution < 1.29 is 0 Å². The molecule has 104 valence electrons. The third-order valence-corrected chi connectivity index (χ3v) is 5.19. The lowest BCUT2D eigenvalue weighted by Gasteiger charge is -2.18. The second-order valence-corrected chi connectivity index (χ2v) is 6.31. The first-order valence-corrected chi connectivity index (χ1v) is 7.75. The molecule has 0 radical (unpaired) electrons. The first kappa shape index (κ1) is 12.6.